The second-order valence-corrected chi connectivity index (χ2v) is 5.89. The van der Waals surface area contributed by atoms with E-state index in [1.165, 1.54) is 21.3 Å². The summed E-state index contributed by atoms with van der Waals surface area (Å²) < 4.78 is 16.0. The van der Waals surface area contributed by atoms with Gasteiger partial charge in [-0.05, 0) is 17.5 Å². The minimum absolute atomic E-state index is 0.237. The van der Waals surface area contributed by atoms with Crippen LogP contribution < -0.4 is 25.1 Å². The maximum absolute atomic E-state index is 12.4. The normalized spacial score (nSPS) is 11.3. The molecule has 0 unspecified atom stereocenters. The number of nitrogens with two attached hydrogens (primary N) is 1. The van der Waals surface area contributed by atoms with Crippen molar-refractivity contribution < 1.29 is 19.5 Å². The summed E-state index contributed by atoms with van der Waals surface area (Å²) in [4.78, 5) is 15.2. The monoisotopic (exact) mass is 381 g/mol. The van der Waals surface area contributed by atoms with E-state index in [-0.39, 0.29) is 11.3 Å². The Balaban J connectivity index is 2.00. The van der Waals surface area contributed by atoms with Crippen LogP contribution in [0.15, 0.2) is 58.6 Å². The molecule has 1 aromatic heterocycles. The van der Waals surface area contributed by atoms with Crippen LogP contribution in [0.25, 0.3) is 16.6 Å². The summed E-state index contributed by atoms with van der Waals surface area (Å²) in [6.45, 7) is 0. The van der Waals surface area contributed by atoms with Crippen molar-refractivity contribution in [3.8, 4) is 17.2 Å². The maximum atomic E-state index is 12.4. The molecule has 0 aliphatic heterocycles. The Labute approximate surface area is 161 Å². The van der Waals surface area contributed by atoms with Gasteiger partial charge in [0.05, 0.1) is 26.9 Å². The van der Waals surface area contributed by atoms with Crippen LogP contribution in [-0.4, -0.2) is 26.3 Å². The van der Waals surface area contributed by atoms with Crippen LogP contribution in [0.5, 0.6) is 17.2 Å². The zero-order valence-electron chi connectivity index (χ0n) is 15.8. The molecule has 2 aromatic carbocycles. The number of aromatic amines is 1. The number of quaternary nitrogens is 1. The van der Waals surface area contributed by atoms with E-state index in [0.717, 1.165) is 16.6 Å². The van der Waals surface area contributed by atoms with Gasteiger partial charge in [0, 0.05) is 17.6 Å². The number of para-hydroxylation sites is 1. The third-order valence-electron chi connectivity index (χ3n) is 4.27. The first-order valence-electron chi connectivity index (χ1n) is 8.46. The summed E-state index contributed by atoms with van der Waals surface area (Å²) in [7, 11) is 4.61. The van der Waals surface area contributed by atoms with Crippen LogP contribution in [0.1, 0.15) is 5.56 Å². The predicted molar refractivity (Wildman–Crippen MR) is 105 cm³/mol. The van der Waals surface area contributed by atoms with E-state index in [9.17, 15) is 4.79 Å². The van der Waals surface area contributed by atoms with Gasteiger partial charge in [0.15, 0.2) is 17.2 Å². The zero-order chi connectivity index (χ0) is 20.1. The fourth-order valence-electron chi connectivity index (χ4n) is 2.90. The topological polar surface area (TPSA) is 113 Å². The summed E-state index contributed by atoms with van der Waals surface area (Å²) in [5, 5.41) is 6.12. The van der Waals surface area contributed by atoms with Crippen molar-refractivity contribution in [2.24, 2.45) is 5.11 Å². The Bertz CT molecular complexity index is 1080. The molecule has 28 heavy (non-hydrogen) atoms. The van der Waals surface area contributed by atoms with Gasteiger partial charge in [-0.1, -0.05) is 18.2 Å². The predicted octanol–water partition coefficient (Wildman–Crippen LogP) is 2.78. The van der Waals surface area contributed by atoms with Crippen molar-refractivity contribution in [3.05, 3.63) is 64.6 Å². The number of methoxy groups -OCH3 is 3. The van der Waals surface area contributed by atoms with Crippen LogP contribution in [-0.2, 0) is 0 Å². The molecule has 144 valence electrons. The highest BCUT2D eigenvalue weighted by atomic mass is 16.5. The smallest absolute Gasteiger partial charge is 0.258 e. The third-order valence-corrected chi connectivity index (χ3v) is 4.27. The van der Waals surface area contributed by atoms with Gasteiger partial charge in [-0.3, -0.25) is 10.1 Å². The molecule has 0 fully saturated rings. The molecule has 0 saturated carbocycles. The van der Waals surface area contributed by atoms with Gasteiger partial charge >= 0.3 is 0 Å². The van der Waals surface area contributed by atoms with Gasteiger partial charge in [-0.25, -0.2) is 5.53 Å². The van der Waals surface area contributed by atoms with Gasteiger partial charge in [0.25, 0.3) is 5.56 Å². The minimum Gasteiger partial charge on any atom is -0.492 e. The summed E-state index contributed by atoms with van der Waals surface area (Å²) in [6.07, 6.45) is 1.60. The number of hydrogen-bond acceptors (Lipinski definition) is 6. The Hall–Kier alpha value is -3.65. The number of rotatable bonds is 7. The molecule has 4 N–H and O–H groups in total. The molecule has 1 heterocycles. The number of hydrogen-bond donors (Lipinski definition) is 3. The zero-order valence-corrected chi connectivity index (χ0v) is 15.8. The molecule has 8 heteroatoms. The molecule has 0 bridgehead atoms. The largest absolute Gasteiger partial charge is 0.492 e. The summed E-state index contributed by atoms with van der Waals surface area (Å²) >= 11 is 0. The lowest BCUT2D eigenvalue weighted by Gasteiger charge is -2.12. The van der Waals surface area contributed by atoms with E-state index in [1.807, 2.05) is 24.3 Å². The lowest BCUT2D eigenvalue weighted by molar-refractivity contribution is -0.495. The number of aromatic nitrogens is 1. The lowest BCUT2D eigenvalue weighted by atomic mass is 10.1. The molecule has 0 spiro atoms. The third kappa shape index (κ3) is 3.72. The van der Waals surface area contributed by atoms with Crippen molar-refractivity contribution >= 4 is 22.3 Å². The molecule has 0 atom stereocenters. The highest BCUT2D eigenvalue weighted by Crippen LogP contribution is 2.38. The molecule has 0 radical (unpaired) electrons. The average Bonchev–Trinajstić information content (AvgIpc) is 2.73. The van der Waals surface area contributed by atoms with Gasteiger partial charge < -0.3 is 19.2 Å². The average molecular weight is 381 g/mol. The maximum Gasteiger partial charge on any atom is 0.258 e. The van der Waals surface area contributed by atoms with Crippen LogP contribution >= 0.6 is 0 Å². The van der Waals surface area contributed by atoms with Gasteiger partial charge in [0.2, 0.25) is 5.75 Å². The summed E-state index contributed by atoms with van der Waals surface area (Å²) in [5.74, 6) is 1.51. The van der Waals surface area contributed by atoms with Crippen molar-refractivity contribution in [3.63, 3.8) is 0 Å². The van der Waals surface area contributed by atoms with Crippen molar-refractivity contribution in [1.82, 2.24) is 4.98 Å². The lowest BCUT2D eigenvalue weighted by Crippen LogP contribution is -2.71. The second kappa shape index (κ2) is 8.36. The van der Waals surface area contributed by atoms with Crippen molar-refractivity contribution in [2.45, 2.75) is 0 Å². The molecule has 0 amide bonds. The van der Waals surface area contributed by atoms with E-state index in [4.69, 9.17) is 19.7 Å². The summed E-state index contributed by atoms with van der Waals surface area (Å²) in [5.41, 5.74) is 9.22. The van der Waals surface area contributed by atoms with E-state index < -0.39 is 0 Å². The molecule has 0 saturated heterocycles. The Morgan fingerprint density at radius 2 is 1.75 bits per heavy atom. The van der Waals surface area contributed by atoms with Crippen LogP contribution in [0.3, 0.4) is 0 Å². The first-order valence-corrected chi connectivity index (χ1v) is 8.46. The van der Waals surface area contributed by atoms with Crippen molar-refractivity contribution in [1.29, 1.82) is 5.53 Å². The minimum atomic E-state index is -0.306. The Morgan fingerprint density at radius 1 is 1.07 bits per heavy atom. The van der Waals surface area contributed by atoms with Crippen LogP contribution in [0.2, 0.25) is 0 Å². The SMILES string of the molecule is COc1cc([NH2+]C=C(N=N)c2cc3ccccc3[nH]c2=O)cc(OC)c1OC. The fraction of sp³-hybridized carbons (Fsp3) is 0.150. The van der Waals surface area contributed by atoms with E-state index >= 15 is 0 Å². The number of ether oxygens (including phenoxy) is 3. The molecule has 0 aliphatic carbocycles. The number of benzene rings is 2. The van der Waals surface area contributed by atoms with Gasteiger partial charge in [-0.2, -0.15) is 5.11 Å². The number of fused-ring (bicyclic) bond motifs is 1. The molecule has 0 aliphatic rings. The van der Waals surface area contributed by atoms with Gasteiger partial charge in [-0.15, -0.1) is 0 Å². The fourth-order valence-corrected chi connectivity index (χ4v) is 2.90. The molecular formula is C20H21N4O4+. The van der Waals surface area contributed by atoms with Crippen LogP contribution in [0.4, 0.5) is 5.69 Å². The van der Waals surface area contributed by atoms with E-state index in [2.05, 4.69) is 10.1 Å². The highest BCUT2D eigenvalue weighted by molar-refractivity contribution is 5.82. The highest BCUT2D eigenvalue weighted by Gasteiger charge is 2.16. The number of nitrogens with zero attached hydrogens (tertiary/aromatic N) is 1. The number of H-pyrrole nitrogens is 1. The van der Waals surface area contributed by atoms with E-state index in [1.54, 1.807) is 29.7 Å². The molecule has 3 aromatic rings. The van der Waals surface area contributed by atoms with Crippen molar-refractivity contribution in [2.75, 3.05) is 21.3 Å². The molecule has 3 rings (SSSR count). The van der Waals surface area contributed by atoms with E-state index in [0.29, 0.717) is 22.8 Å². The first-order chi connectivity index (χ1) is 13.6. The second-order valence-electron chi connectivity index (χ2n) is 5.89. The van der Waals surface area contributed by atoms with Crippen LogP contribution in [0, 0.1) is 5.53 Å². The first kappa shape index (κ1) is 19.1. The molecular weight excluding hydrogens is 360 g/mol. The Morgan fingerprint density at radius 3 is 2.36 bits per heavy atom. The Kier molecular flexibility index (Phi) is 5.71. The summed E-state index contributed by atoms with van der Waals surface area (Å²) in [6, 6.07) is 12.7. The van der Waals surface area contributed by atoms with Gasteiger partial charge in [0.1, 0.15) is 11.9 Å². The number of nitrogens with one attached hydrogen (secondary N) is 2. The number of pyridine rings is 1. The quantitative estimate of drug-likeness (QED) is 0.431. The standard InChI is InChI=1S/C20H20N4O4/c1-26-17-9-13(10-18(27-2)19(17)28-3)22-11-16(24-21)14-8-12-6-4-5-7-15(12)23-20(14)25/h4-11,21-22H,1-3H3,(H,23,25)/p+1. The molecule has 8 nitrogen and oxygen atoms in total.